The van der Waals surface area contributed by atoms with E-state index < -0.39 is 0 Å². The summed E-state index contributed by atoms with van der Waals surface area (Å²) in [5.41, 5.74) is 1.31. The number of carbonyl (C=O) groups excluding carboxylic acids is 1. The minimum absolute atomic E-state index is 0.290. The molecule has 0 amide bonds. The highest BCUT2D eigenvalue weighted by molar-refractivity contribution is 7.10. The van der Waals surface area contributed by atoms with Crippen molar-refractivity contribution in [3.8, 4) is 0 Å². The van der Waals surface area contributed by atoms with Crippen molar-refractivity contribution in [2.75, 3.05) is 38.1 Å². The molecule has 1 aromatic heterocycles. The molecule has 5 nitrogen and oxygen atoms in total. The van der Waals surface area contributed by atoms with Gasteiger partial charge in [-0.05, 0) is 44.9 Å². The van der Waals surface area contributed by atoms with E-state index >= 15 is 0 Å². The fourth-order valence-corrected chi connectivity index (χ4v) is 2.81. The fourth-order valence-electron chi connectivity index (χ4n) is 2.01. The molecule has 1 aromatic rings. The van der Waals surface area contributed by atoms with E-state index in [1.807, 2.05) is 13.8 Å². The molecule has 0 radical (unpaired) electrons. The number of rotatable bonds is 9. The van der Waals surface area contributed by atoms with Crippen LogP contribution in [0.1, 0.15) is 43.2 Å². The van der Waals surface area contributed by atoms with Crippen LogP contribution in [0.2, 0.25) is 0 Å². The van der Waals surface area contributed by atoms with E-state index in [1.165, 1.54) is 11.5 Å². The molecule has 0 unspecified atom stereocenters. The van der Waals surface area contributed by atoms with Crippen LogP contribution in [-0.4, -0.2) is 48.0 Å². The molecular formula is C14H25N3O2S. The fraction of sp³-hybridized carbons (Fsp3) is 0.714. The molecular weight excluding hydrogens is 274 g/mol. The normalized spacial score (nSPS) is 10.8. The Kier molecular flexibility index (Phi) is 7.54. The van der Waals surface area contributed by atoms with Crippen molar-refractivity contribution < 1.29 is 9.53 Å². The second kappa shape index (κ2) is 8.92. The summed E-state index contributed by atoms with van der Waals surface area (Å²) in [6.45, 7) is 12.3. The Bertz CT molecular complexity index is 421. The van der Waals surface area contributed by atoms with Gasteiger partial charge in [0.15, 0.2) is 0 Å². The lowest BCUT2D eigenvalue weighted by Crippen LogP contribution is -2.29. The molecule has 0 atom stereocenters. The molecule has 0 aromatic carbocycles. The predicted molar refractivity (Wildman–Crippen MR) is 83.7 cm³/mol. The van der Waals surface area contributed by atoms with Crippen molar-refractivity contribution in [2.45, 2.75) is 34.1 Å². The number of carbonyl (C=O) groups is 1. The average Bonchev–Trinajstić information content (AvgIpc) is 2.79. The standard InChI is InChI=1S/C14H25N3O2S/c1-5-9-17(6-2)10-8-15-13-12(11(4)16-20-13)14(18)19-7-3/h15H,5-10H2,1-4H3. The van der Waals surface area contributed by atoms with Crippen molar-refractivity contribution in [2.24, 2.45) is 0 Å². The third-order valence-corrected chi connectivity index (χ3v) is 3.94. The molecule has 0 saturated heterocycles. The van der Waals surface area contributed by atoms with Crippen molar-refractivity contribution in [1.82, 2.24) is 9.27 Å². The zero-order chi connectivity index (χ0) is 15.0. The predicted octanol–water partition coefficient (Wildman–Crippen LogP) is 2.77. The third-order valence-electron chi connectivity index (χ3n) is 3.04. The molecule has 0 aliphatic heterocycles. The van der Waals surface area contributed by atoms with Gasteiger partial charge < -0.3 is 15.0 Å². The van der Waals surface area contributed by atoms with E-state index in [0.29, 0.717) is 12.2 Å². The van der Waals surface area contributed by atoms with E-state index in [4.69, 9.17) is 4.74 Å². The summed E-state index contributed by atoms with van der Waals surface area (Å²) in [7, 11) is 0. The topological polar surface area (TPSA) is 54.5 Å². The average molecular weight is 299 g/mol. The number of esters is 1. The summed E-state index contributed by atoms with van der Waals surface area (Å²) in [6, 6.07) is 0. The van der Waals surface area contributed by atoms with Gasteiger partial charge in [-0.15, -0.1) is 0 Å². The van der Waals surface area contributed by atoms with E-state index in [-0.39, 0.29) is 5.97 Å². The van der Waals surface area contributed by atoms with Gasteiger partial charge in [-0.2, -0.15) is 4.37 Å². The summed E-state index contributed by atoms with van der Waals surface area (Å²) in [6.07, 6.45) is 1.15. The van der Waals surface area contributed by atoms with Crippen LogP contribution in [0.4, 0.5) is 5.00 Å². The maximum atomic E-state index is 11.9. The molecule has 1 heterocycles. The summed E-state index contributed by atoms with van der Waals surface area (Å²) in [4.78, 5) is 14.3. The minimum Gasteiger partial charge on any atom is -0.462 e. The third kappa shape index (κ3) is 4.76. The second-order valence-electron chi connectivity index (χ2n) is 4.55. The number of likely N-dealkylation sites (N-methyl/N-ethyl adjacent to an activating group) is 1. The van der Waals surface area contributed by atoms with Gasteiger partial charge in [0.2, 0.25) is 0 Å². The SMILES string of the molecule is CCCN(CC)CCNc1snc(C)c1C(=O)OCC. The molecule has 0 aliphatic rings. The van der Waals surface area contributed by atoms with Crippen molar-refractivity contribution in [3.05, 3.63) is 11.3 Å². The number of aromatic nitrogens is 1. The molecule has 0 bridgehead atoms. The van der Waals surface area contributed by atoms with E-state index in [2.05, 4.69) is 28.4 Å². The van der Waals surface area contributed by atoms with Crippen LogP contribution in [0.3, 0.4) is 0 Å². The first kappa shape index (κ1) is 16.9. The number of nitrogens with one attached hydrogen (secondary N) is 1. The molecule has 20 heavy (non-hydrogen) atoms. The summed E-state index contributed by atoms with van der Waals surface area (Å²) in [5, 5.41) is 4.12. The van der Waals surface area contributed by atoms with Crippen LogP contribution in [-0.2, 0) is 4.74 Å². The number of nitrogens with zero attached hydrogens (tertiary/aromatic N) is 2. The van der Waals surface area contributed by atoms with Crippen molar-refractivity contribution in [1.29, 1.82) is 0 Å². The smallest absolute Gasteiger partial charge is 0.343 e. The van der Waals surface area contributed by atoms with Gasteiger partial charge in [0.1, 0.15) is 10.6 Å². The lowest BCUT2D eigenvalue weighted by Gasteiger charge is -2.19. The molecule has 1 N–H and O–H groups in total. The van der Waals surface area contributed by atoms with E-state index in [0.717, 1.165) is 43.3 Å². The highest BCUT2D eigenvalue weighted by Crippen LogP contribution is 2.25. The maximum Gasteiger partial charge on any atom is 0.343 e. The van der Waals surface area contributed by atoms with Crippen LogP contribution < -0.4 is 5.32 Å². The van der Waals surface area contributed by atoms with Crippen molar-refractivity contribution >= 4 is 22.5 Å². The Balaban J connectivity index is 2.58. The Morgan fingerprint density at radius 1 is 1.35 bits per heavy atom. The van der Waals surface area contributed by atoms with Gasteiger partial charge in [0.25, 0.3) is 0 Å². The summed E-state index contributed by atoms with van der Waals surface area (Å²) >= 11 is 1.32. The first-order valence-corrected chi connectivity index (χ1v) is 8.00. The number of aryl methyl sites for hydroxylation is 1. The van der Waals surface area contributed by atoms with Crippen LogP contribution in [0.15, 0.2) is 0 Å². The van der Waals surface area contributed by atoms with E-state index in [1.54, 1.807) is 0 Å². The Morgan fingerprint density at radius 3 is 2.70 bits per heavy atom. The van der Waals surface area contributed by atoms with Gasteiger partial charge in [0.05, 0.1) is 12.3 Å². The molecule has 1 rings (SSSR count). The number of ether oxygens (including phenoxy) is 1. The molecule has 0 saturated carbocycles. The largest absolute Gasteiger partial charge is 0.462 e. The van der Waals surface area contributed by atoms with Gasteiger partial charge >= 0.3 is 5.97 Å². The Hall–Kier alpha value is -1.14. The monoisotopic (exact) mass is 299 g/mol. The molecule has 0 fully saturated rings. The quantitative estimate of drug-likeness (QED) is 0.711. The maximum absolute atomic E-state index is 11.9. The van der Waals surface area contributed by atoms with Gasteiger partial charge in [-0.1, -0.05) is 13.8 Å². The van der Waals surface area contributed by atoms with Crippen LogP contribution in [0, 0.1) is 6.92 Å². The van der Waals surface area contributed by atoms with Gasteiger partial charge in [-0.3, -0.25) is 0 Å². The highest BCUT2D eigenvalue weighted by Gasteiger charge is 2.19. The number of hydrogen-bond acceptors (Lipinski definition) is 6. The van der Waals surface area contributed by atoms with Crippen LogP contribution >= 0.6 is 11.5 Å². The lowest BCUT2D eigenvalue weighted by molar-refractivity contribution is 0.0527. The number of hydrogen-bond donors (Lipinski definition) is 1. The molecule has 114 valence electrons. The number of anilines is 1. The zero-order valence-electron chi connectivity index (χ0n) is 12.9. The van der Waals surface area contributed by atoms with Gasteiger partial charge in [0, 0.05) is 13.1 Å². The molecule has 0 spiro atoms. The second-order valence-corrected chi connectivity index (χ2v) is 5.33. The Morgan fingerprint density at radius 2 is 2.10 bits per heavy atom. The van der Waals surface area contributed by atoms with Crippen LogP contribution in [0.25, 0.3) is 0 Å². The van der Waals surface area contributed by atoms with Gasteiger partial charge in [-0.25, -0.2) is 4.79 Å². The first-order chi connectivity index (χ1) is 9.63. The summed E-state index contributed by atoms with van der Waals surface area (Å²) < 4.78 is 9.31. The Labute approximate surface area is 125 Å². The minimum atomic E-state index is -0.290. The highest BCUT2D eigenvalue weighted by atomic mass is 32.1. The van der Waals surface area contributed by atoms with Crippen LogP contribution in [0.5, 0.6) is 0 Å². The zero-order valence-corrected chi connectivity index (χ0v) is 13.7. The van der Waals surface area contributed by atoms with Crippen molar-refractivity contribution in [3.63, 3.8) is 0 Å². The first-order valence-electron chi connectivity index (χ1n) is 7.23. The lowest BCUT2D eigenvalue weighted by atomic mass is 10.2. The molecule has 6 heteroatoms. The summed E-state index contributed by atoms with van der Waals surface area (Å²) in [5.74, 6) is -0.290. The van der Waals surface area contributed by atoms with E-state index in [9.17, 15) is 4.79 Å². The molecule has 0 aliphatic carbocycles.